The molecule has 1 saturated heterocycles. The van der Waals surface area contributed by atoms with Crippen LogP contribution in [0, 0.1) is 6.92 Å². The van der Waals surface area contributed by atoms with Gasteiger partial charge in [0.25, 0.3) is 0 Å². The summed E-state index contributed by atoms with van der Waals surface area (Å²) in [4.78, 5) is 16.6. The Kier molecular flexibility index (Phi) is 5.36. The molecule has 1 atom stereocenters. The number of hydrogen-bond acceptors (Lipinski definition) is 4. The molecule has 0 saturated carbocycles. The second-order valence-corrected chi connectivity index (χ2v) is 6.36. The van der Waals surface area contributed by atoms with Gasteiger partial charge in [0, 0.05) is 28.9 Å². The third kappa shape index (κ3) is 4.60. The fourth-order valence-electron chi connectivity index (χ4n) is 2.15. The summed E-state index contributed by atoms with van der Waals surface area (Å²) in [5, 5.41) is 3.31. The van der Waals surface area contributed by atoms with E-state index in [0.717, 1.165) is 19.5 Å². The Morgan fingerprint density at radius 1 is 1.47 bits per heavy atom. The van der Waals surface area contributed by atoms with Crippen molar-refractivity contribution in [1.29, 1.82) is 0 Å². The molecule has 19 heavy (non-hydrogen) atoms. The summed E-state index contributed by atoms with van der Waals surface area (Å²) in [5.41, 5.74) is 0. The van der Waals surface area contributed by atoms with Crippen molar-refractivity contribution in [3.8, 4) is 0 Å². The van der Waals surface area contributed by atoms with Crippen LogP contribution in [0.2, 0.25) is 0 Å². The highest BCUT2D eigenvalue weighted by molar-refractivity contribution is 7.11. The van der Waals surface area contributed by atoms with Gasteiger partial charge in [-0.2, -0.15) is 0 Å². The number of hydrogen-bond donors (Lipinski definition) is 1. The number of aryl methyl sites for hydroxylation is 1. The van der Waals surface area contributed by atoms with Crippen molar-refractivity contribution in [2.45, 2.75) is 26.3 Å². The predicted molar refractivity (Wildman–Crippen MR) is 77.6 cm³/mol. The summed E-state index contributed by atoms with van der Waals surface area (Å²) in [6.07, 6.45) is 0.981. The molecule has 1 N–H and O–H groups in total. The second-order valence-electron chi connectivity index (χ2n) is 4.99. The number of rotatable bonds is 5. The monoisotopic (exact) mass is 282 g/mol. The number of amides is 1. The first-order valence-corrected chi connectivity index (χ1v) is 7.61. The predicted octanol–water partition coefficient (Wildman–Crippen LogP) is 1.44. The largest absolute Gasteiger partial charge is 0.378 e. The molecule has 2 heterocycles. The lowest BCUT2D eigenvalue weighted by Gasteiger charge is -2.27. The Labute approximate surface area is 118 Å². The lowest BCUT2D eigenvalue weighted by Crippen LogP contribution is -2.46. The number of carbonyl (C=O) groups excluding carboxylic acids is 1. The lowest BCUT2D eigenvalue weighted by atomic mass is 10.2. The topological polar surface area (TPSA) is 41.6 Å². The first-order chi connectivity index (χ1) is 9.15. The Morgan fingerprint density at radius 3 is 2.84 bits per heavy atom. The molecular formula is C14H22N2O2S. The van der Waals surface area contributed by atoms with Gasteiger partial charge in [-0.05, 0) is 32.4 Å². The van der Waals surface area contributed by atoms with Crippen molar-refractivity contribution in [2.75, 3.05) is 32.8 Å². The molecule has 0 spiro atoms. The second kappa shape index (κ2) is 7.03. The van der Waals surface area contributed by atoms with E-state index in [1.165, 1.54) is 9.75 Å². The standard InChI is InChI=1S/C14H22N2O2S/c1-11(9-13-4-3-12(2)19-13)15-10-14(17)16-5-7-18-8-6-16/h3-4,11,15H,5-10H2,1-2H3. The molecule has 0 aromatic carbocycles. The molecule has 1 amide bonds. The number of nitrogens with zero attached hydrogens (tertiary/aromatic N) is 1. The van der Waals surface area contributed by atoms with Crippen LogP contribution in [0.3, 0.4) is 0 Å². The van der Waals surface area contributed by atoms with Crippen LogP contribution in [0.4, 0.5) is 0 Å². The fraction of sp³-hybridized carbons (Fsp3) is 0.643. The minimum atomic E-state index is 0.178. The zero-order valence-corrected chi connectivity index (χ0v) is 12.5. The summed E-state index contributed by atoms with van der Waals surface area (Å²) in [6, 6.07) is 4.64. The molecule has 1 aliphatic heterocycles. The van der Waals surface area contributed by atoms with Crippen LogP contribution in [0.25, 0.3) is 0 Å². The van der Waals surface area contributed by atoms with E-state index in [1.807, 2.05) is 16.2 Å². The summed E-state index contributed by atoms with van der Waals surface area (Å²) < 4.78 is 5.24. The van der Waals surface area contributed by atoms with E-state index in [9.17, 15) is 4.79 Å². The van der Waals surface area contributed by atoms with Crippen molar-refractivity contribution in [3.63, 3.8) is 0 Å². The first-order valence-electron chi connectivity index (χ1n) is 6.79. The van der Waals surface area contributed by atoms with Gasteiger partial charge in [-0.1, -0.05) is 0 Å². The van der Waals surface area contributed by atoms with Crippen LogP contribution < -0.4 is 5.32 Å². The van der Waals surface area contributed by atoms with Gasteiger partial charge in [-0.3, -0.25) is 4.79 Å². The third-order valence-corrected chi connectivity index (χ3v) is 4.29. The van der Waals surface area contributed by atoms with Gasteiger partial charge in [-0.25, -0.2) is 0 Å². The Balaban J connectivity index is 1.70. The van der Waals surface area contributed by atoms with Crippen LogP contribution in [-0.4, -0.2) is 49.7 Å². The molecule has 0 aliphatic carbocycles. The van der Waals surface area contributed by atoms with E-state index in [1.54, 1.807) is 0 Å². The molecular weight excluding hydrogens is 260 g/mol. The lowest BCUT2D eigenvalue weighted by molar-refractivity contribution is -0.134. The average molecular weight is 282 g/mol. The van der Waals surface area contributed by atoms with Crippen LogP contribution in [-0.2, 0) is 16.0 Å². The highest BCUT2D eigenvalue weighted by Crippen LogP contribution is 2.16. The van der Waals surface area contributed by atoms with E-state index < -0.39 is 0 Å². The first kappa shape index (κ1) is 14.5. The maximum absolute atomic E-state index is 12.0. The van der Waals surface area contributed by atoms with Crippen LogP contribution in [0.5, 0.6) is 0 Å². The van der Waals surface area contributed by atoms with E-state index in [0.29, 0.717) is 25.8 Å². The fourth-order valence-corrected chi connectivity index (χ4v) is 3.17. The molecule has 106 valence electrons. The highest BCUT2D eigenvalue weighted by Gasteiger charge is 2.17. The molecule has 4 nitrogen and oxygen atoms in total. The van der Waals surface area contributed by atoms with Crippen LogP contribution in [0.15, 0.2) is 12.1 Å². The van der Waals surface area contributed by atoms with Gasteiger partial charge < -0.3 is 15.0 Å². The normalized spacial score (nSPS) is 17.5. The molecule has 1 unspecified atom stereocenters. The van der Waals surface area contributed by atoms with Gasteiger partial charge in [0.1, 0.15) is 0 Å². The Hall–Kier alpha value is -0.910. The van der Waals surface area contributed by atoms with E-state index in [4.69, 9.17) is 4.74 Å². The molecule has 1 fully saturated rings. The van der Waals surface area contributed by atoms with E-state index in [2.05, 4.69) is 31.3 Å². The quantitative estimate of drug-likeness (QED) is 0.888. The molecule has 0 bridgehead atoms. The van der Waals surface area contributed by atoms with Crippen molar-refractivity contribution in [3.05, 3.63) is 21.9 Å². The zero-order chi connectivity index (χ0) is 13.7. The highest BCUT2D eigenvalue weighted by atomic mass is 32.1. The summed E-state index contributed by atoms with van der Waals surface area (Å²) >= 11 is 1.83. The number of thiophene rings is 1. The van der Waals surface area contributed by atoms with Crippen LogP contribution in [0.1, 0.15) is 16.7 Å². The molecule has 5 heteroatoms. The van der Waals surface area contributed by atoms with Crippen molar-refractivity contribution >= 4 is 17.2 Å². The van der Waals surface area contributed by atoms with Crippen LogP contribution >= 0.6 is 11.3 Å². The van der Waals surface area contributed by atoms with Crippen molar-refractivity contribution < 1.29 is 9.53 Å². The van der Waals surface area contributed by atoms with Gasteiger partial charge in [0.2, 0.25) is 5.91 Å². The molecule has 2 rings (SSSR count). The van der Waals surface area contributed by atoms with E-state index in [-0.39, 0.29) is 5.91 Å². The zero-order valence-electron chi connectivity index (χ0n) is 11.6. The average Bonchev–Trinajstić information content (AvgIpc) is 2.82. The molecule has 1 aromatic heterocycles. The number of ether oxygens (including phenoxy) is 1. The molecule has 1 aliphatic rings. The maximum atomic E-state index is 12.0. The Morgan fingerprint density at radius 2 is 2.21 bits per heavy atom. The number of nitrogens with one attached hydrogen (secondary N) is 1. The van der Waals surface area contributed by atoms with Gasteiger partial charge >= 0.3 is 0 Å². The summed E-state index contributed by atoms with van der Waals surface area (Å²) in [5.74, 6) is 0.178. The van der Waals surface area contributed by atoms with E-state index >= 15 is 0 Å². The molecule has 1 aromatic rings. The molecule has 0 radical (unpaired) electrons. The minimum absolute atomic E-state index is 0.178. The van der Waals surface area contributed by atoms with Crippen molar-refractivity contribution in [2.24, 2.45) is 0 Å². The Bertz CT molecular complexity index is 413. The summed E-state index contributed by atoms with van der Waals surface area (Å²) in [7, 11) is 0. The van der Waals surface area contributed by atoms with Gasteiger partial charge in [0.05, 0.1) is 19.8 Å². The maximum Gasteiger partial charge on any atom is 0.236 e. The smallest absolute Gasteiger partial charge is 0.236 e. The number of carbonyl (C=O) groups is 1. The van der Waals surface area contributed by atoms with Gasteiger partial charge in [-0.15, -0.1) is 11.3 Å². The minimum Gasteiger partial charge on any atom is -0.378 e. The third-order valence-electron chi connectivity index (χ3n) is 3.27. The van der Waals surface area contributed by atoms with Crippen molar-refractivity contribution in [1.82, 2.24) is 10.2 Å². The SMILES string of the molecule is Cc1ccc(CC(C)NCC(=O)N2CCOCC2)s1. The summed E-state index contributed by atoms with van der Waals surface area (Å²) in [6.45, 7) is 7.44. The number of morpholine rings is 1. The van der Waals surface area contributed by atoms with Gasteiger partial charge in [0.15, 0.2) is 0 Å².